The summed E-state index contributed by atoms with van der Waals surface area (Å²) in [5.41, 5.74) is 5.68. The van der Waals surface area contributed by atoms with E-state index in [4.69, 9.17) is 0 Å². The molecule has 1 aliphatic rings. The first-order chi connectivity index (χ1) is 14.2. The number of amides is 1. The van der Waals surface area contributed by atoms with Crippen LogP contribution in [0, 0.1) is 0 Å². The molecule has 2 aromatic heterocycles. The first-order valence-corrected chi connectivity index (χ1v) is 9.97. The first kappa shape index (κ1) is 19.0. The molecule has 0 radical (unpaired) electrons. The van der Waals surface area contributed by atoms with Gasteiger partial charge in [0.2, 0.25) is 5.91 Å². The average Bonchev–Trinajstić information content (AvgIpc) is 3.21. The minimum Gasteiger partial charge on any atom is -0.312 e. The van der Waals surface area contributed by atoms with Crippen molar-refractivity contribution in [3.8, 4) is 11.3 Å². The van der Waals surface area contributed by atoms with Crippen LogP contribution in [0.4, 0.5) is 5.69 Å². The van der Waals surface area contributed by atoms with Gasteiger partial charge in [-0.2, -0.15) is 0 Å². The number of benzene rings is 1. The first-order valence-electron chi connectivity index (χ1n) is 9.97. The molecule has 5 heteroatoms. The van der Waals surface area contributed by atoms with Gasteiger partial charge in [0.05, 0.1) is 5.69 Å². The Morgan fingerprint density at radius 1 is 1.10 bits per heavy atom. The molecule has 3 heterocycles. The van der Waals surface area contributed by atoms with Crippen LogP contribution in [0.25, 0.3) is 11.3 Å². The Bertz CT molecular complexity index is 1030. The van der Waals surface area contributed by atoms with Crippen LogP contribution in [0.1, 0.15) is 41.3 Å². The Labute approximate surface area is 170 Å². The SMILES string of the molecule is CCC(=O)N1CCc2cc(-c3ccc(C(=O)CCc4cccnc4)cn3)ccc21. The van der Waals surface area contributed by atoms with Gasteiger partial charge in [-0.15, -0.1) is 0 Å². The molecule has 1 aromatic carbocycles. The second kappa shape index (κ2) is 8.35. The molecule has 1 aliphatic heterocycles. The highest BCUT2D eigenvalue weighted by Gasteiger charge is 2.23. The van der Waals surface area contributed by atoms with Gasteiger partial charge in [0.15, 0.2) is 5.78 Å². The second-order valence-corrected chi connectivity index (χ2v) is 7.21. The number of Topliss-reactive ketones (excluding diaryl/α,β-unsaturated/α-hetero) is 1. The zero-order valence-corrected chi connectivity index (χ0v) is 16.5. The van der Waals surface area contributed by atoms with Crippen molar-refractivity contribution in [3.05, 3.63) is 77.7 Å². The largest absolute Gasteiger partial charge is 0.312 e. The van der Waals surface area contributed by atoms with Crippen molar-refractivity contribution in [2.75, 3.05) is 11.4 Å². The molecule has 0 spiro atoms. The monoisotopic (exact) mass is 385 g/mol. The van der Waals surface area contributed by atoms with E-state index < -0.39 is 0 Å². The highest BCUT2D eigenvalue weighted by atomic mass is 16.2. The van der Waals surface area contributed by atoms with E-state index in [2.05, 4.69) is 16.0 Å². The fourth-order valence-electron chi connectivity index (χ4n) is 3.69. The van der Waals surface area contributed by atoms with Crippen molar-refractivity contribution in [2.24, 2.45) is 0 Å². The standard InChI is InChI=1S/C24H23N3O2/c1-2-24(29)27-13-11-19-14-18(7-9-22(19)27)21-8-6-20(16-26-21)23(28)10-5-17-4-3-12-25-15-17/h3-4,6-9,12,14-16H,2,5,10-11,13H2,1H3. The smallest absolute Gasteiger partial charge is 0.226 e. The molecule has 146 valence electrons. The zero-order chi connectivity index (χ0) is 20.2. The number of pyridine rings is 2. The van der Waals surface area contributed by atoms with Crippen LogP contribution >= 0.6 is 0 Å². The predicted octanol–water partition coefficient (Wildman–Crippen LogP) is 4.26. The van der Waals surface area contributed by atoms with Crippen LogP contribution in [0.15, 0.2) is 61.1 Å². The van der Waals surface area contributed by atoms with E-state index in [1.807, 2.05) is 48.2 Å². The molecule has 0 N–H and O–H groups in total. The summed E-state index contributed by atoms with van der Waals surface area (Å²) in [5.74, 6) is 0.236. The van der Waals surface area contributed by atoms with Crippen molar-refractivity contribution >= 4 is 17.4 Å². The normalized spacial score (nSPS) is 12.7. The Morgan fingerprint density at radius 2 is 2.00 bits per heavy atom. The van der Waals surface area contributed by atoms with E-state index >= 15 is 0 Å². The number of anilines is 1. The second-order valence-electron chi connectivity index (χ2n) is 7.21. The van der Waals surface area contributed by atoms with Gasteiger partial charge in [0.25, 0.3) is 0 Å². The third-order valence-electron chi connectivity index (χ3n) is 5.32. The van der Waals surface area contributed by atoms with E-state index in [1.165, 1.54) is 5.56 Å². The molecule has 3 aromatic rings. The lowest BCUT2D eigenvalue weighted by atomic mass is 10.0. The summed E-state index contributed by atoms with van der Waals surface area (Å²) in [5, 5.41) is 0. The molecule has 0 fully saturated rings. The lowest BCUT2D eigenvalue weighted by Crippen LogP contribution is -2.27. The summed E-state index contributed by atoms with van der Waals surface area (Å²) >= 11 is 0. The molecule has 0 atom stereocenters. The molecule has 29 heavy (non-hydrogen) atoms. The van der Waals surface area contributed by atoms with Crippen molar-refractivity contribution < 1.29 is 9.59 Å². The molecule has 0 saturated carbocycles. The van der Waals surface area contributed by atoms with Crippen molar-refractivity contribution in [3.63, 3.8) is 0 Å². The number of hydrogen-bond acceptors (Lipinski definition) is 4. The van der Waals surface area contributed by atoms with Crippen molar-refractivity contribution in [1.82, 2.24) is 9.97 Å². The topological polar surface area (TPSA) is 63.2 Å². The Kier molecular flexibility index (Phi) is 5.47. The number of rotatable bonds is 6. The number of hydrogen-bond donors (Lipinski definition) is 0. The van der Waals surface area contributed by atoms with E-state index in [1.54, 1.807) is 18.6 Å². The van der Waals surface area contributed by atoms with Gasteiger partial charge in [0.1, 0.15) is 0 Å². The quantitative estimate of drug-likeness (QED) is 0.595. The molecule has 0 unspecified atom stereocenters. The van der Waals surface area contributed by atoms with Gasteiger partial charge in [-0.05, 0) is 54.3 Å². The maximum Gasteiger partial charge on any atom is 0.226 e. The van der Waals surface area contributed by atoms with Crippen LogP contribution in [-0.2, 0) is 17.6 Å². The lowest BCUT2D eigenvalue weighted by Gasteiger charge is -2.16. The van der Waals surface area contributed by atoms with E-state index in [0.717, 1.165) is 35.5 Å². The van der Waals surface area contributed by atoms with Gasteiger partial charge in [0, 0.05) is 54.8 Å². The fraction of sp³-hybridized carbons (Fsp3) is 0.250. The van der Waals surface area contributed by atoms with Crippen molar-refractivity contribution in [2.45, 2.75) is 32.6 Å². The van der Waals surface area contributed by atoms with E-state index in [-0.39, 0.29) is 11.7 Å². The number of aromatic nitrogens is 2. The number of nitrogens with zero attached hydrogens (tertiary/aromatic N) is 3. The van der Waals surface area contributed by atoms with Gasteiger partial charge in [-0.25, -0.2) is 0 Å². The predicted molar refractivity (Wildman–Crippen MR) is 113 cm³/mol. The van der Waals surface area contributed by atoms with Crippen LogP contribution < -0.4 is 4.90 Å². The van der Waals surface area contributed by atoms with Gasteiger partial charge in [-0.3, -0.25) is 19.6 Å². The van der Waals surface area contributed by atoms with Crippen LogP contribution in [0.5, 0.6) is 0 Å². The molecule has 0 bridgehead atoms. The summed E-state index contributed by atoms with van der Waals surface area (Å²) in [4.78, 5) is 34.9. The summed E-state index contributed by atoms with van der Waals surface area (Å²) in [6.07, 6.45) is 7.66. The van der Waals surface area contributed by atoms with Gasteiger partial charge in [-0.1, -0.05) is 19.1 Å². The van der Waals surface area contributed by atoms with E-state index in [9.17, 15) is 9.59 Å². The van der Waals surface area contributed by atoms with Crippen molar-refractivity contribution in [1.29, 1.82) is 0 Å². The highest BCUT2D eigenvalue weighted by molar-refractivity contribution is 5.96. The minimum absolute atomic E-state index is 0.0792. The molecule has 0 saturated heterocycles. The number of carbonyl (C=O) groups is 2. The molecular weight excluding hydrogens is 362 g/mol. The Balaban J connectivity index is 1.45. The number of ketones is 1. The average molecular weight is 385 g/mol. The summed E-state index contributed by atoms with van der Waals surface area (Å²) in [6, 6.07) is 13.7. The summed E-state index contributed by atoms with van der Waals surface area (Å²) in [6.45, 7) is 2.63. The summed E-state index contributed by atoms with van der Waals surface area (Å²) in [7, 11) is 0. The molecule has 0 aliphatic carbocycles. The maximum atomic E-state index is 12.4. The maximum absolute atomic E-state index is 12.4. The highest BCUT2D eigenvalue weighted by Crippen LogP contribution is 2.32. The molecule has 5 nitrogen and oxygen atoms in total. The van der Waals surface area contributed by atoms with Crippen LogP contribution in [-0.4, -0.2) is 28.2 Å². The van der Waals surface area contributed by atoms with Crippen LogP contribution in [0.3, 0.4) is 0 Å². The molecule has 1 amide bonds. The van der Waals surface area contributed by atoms with Gasteiger partial charge >= 0.3 is 0 Å². The summed E-state index contributed by atoms with van der Waals surface area (Å²) < 4.78 is 0. The Morgan fingerprint density at radius 3 is 2.72 bits per heavy atom. The van der Waals surface area contributed by atoms with Gasteiger partial charge < -0.3 is 4.90 Å². The molecular formula is C24H23N3O2. The zero-order valence-electron chi connectivity index (χ0n) is 16.5. The van der Waals surface area contributed by atoms with E-state index in [0.29, 0.717) is 24.8 Å². The third kappa shape index (κ3) is 4.09. The fourth-order valence-corrected chi connectivity index (χ4v) is 3.69. The number of fused-ring (bicyclic) bond motifs is 1. The van der Waals surface area contributed by atoms with Crippen LogP contribution in [0.2, 0.25) is 0 Å². The minimum atomic E-state index is 0.0792. The Hall–Kier alpha value is -3.34. The lowest BCUT2D eigenvalue weighted by molar-refractivity contribution is -0.118. The third-order valence-corrected chi connectivity index (χ3v) is 5.32. The number of carbonyl (C=O) groups excluding carboxylic acids is 2. The molecule has 4 rings (SSSR count). The number of aryl methyl sites for hydroxylation is 1.